The van der Waals surface area contributed by atoms with E-state index in [0.29, 0.717) is 13.1 Å². The second-order valence-corrected chi connectivity index (χ2v) is 10.1. The highest BCUT2D eigenvalue weighted by atomic mass is 32.2. The summed E-state index contributed by atoms with van der Waals surface area (Å²) in [5, 5.41) is 2.89. The summed E-state index contributed by atoms with van der Waals surface area (Å²) in [5.41, 5.74) is 1.06. The Kier molecular flexibility index (Phi) is 5.28. The number of furan rings is 1. The second-order valence-electron chi connectivity index (χ2n) is 6.71. The van der Waals surface area contributed by atoms with Crippen LogP contribution in [0.15, 0.2) is 21.4 Å². The lowest BCUT2D eigenvalue weighted by Gasteiger charge is -2.14. The van der Waals surface area contributed by atoms with Gasteiger partial charge in [0, 0.05) is 28.9 Å². The van der Waals surface area contributed by atoms with Crippen LogP contribution in [0.25, 0.3) is 0 Å². The fraction of sp³-hybridized carbons (Fsp3) is 0.500. The number of carbonyl (C=O) groups excluding carboxylic acids is 1. The molecule has 0 aliphatic carbocycles. The normalized spacial score (nSPS) is 16.8. The van der Waals surface area contributed by atoms with Crippen molar-refractivity contribution in [2.45, 2.75) is 51.5 Å². The van der Waals surface area contributed by atoms with Gasteiger partial charge in [-0.15, -0.1) is 11.3 Å². The first-order valence-corrected chi connectivity index (χ1v) is 10.9. The van der Waals surface area contributed by atoms with Crippen LogP contribution in [0.2, 0.25) is 0 Å². The monoisotopic (exact) mass is 396 g/mol. The van der Waals surface area contributed by atoms with E-state index in [4.69, 9.17) is 4.42 Å². The van der Waals surface area contributed by atoms with Crippen LogP contribution in [0.5, 0.6) is 0 Å². The molecule has 1 N–H and O–H groups in total. The quantitative estimate of drug-likeness (QED) is 0.838. The van der Waals surface area contributed by atoms with Gasteiger partial charge in [0.15, 0.2) is 5.76 Å². The Balaban J connectivity index is 1.80. The molecular weight excluding hydrogens is 372 g/mol. The molecule has 1 aliphatic rings. The molecule has 26 heavy (non-hydrogen) atoms. The number of amides is 1. The number of sulfonamides is 1. The molecule has 1 fully saturated rings. The van der Waals surface area contributed by atoms with Gasteiger partial charge in [-0.1, -0.05) is 0 Å². The van der Waals surface area contributed by atoms with Crippen LogP contribution in [-0.4, -0.2) is 31.7 Å². The number of thiophene rings is 1. The van der Waals surface area contributed by atoms with E-state index in [0.717, 1.165) is 23.3 Å². The lowest BCUT2D eigenvalue weighted by molar-refractivity contribution is 0.0910. The molecule has 142 valence electrons. The van der Waals surface area contributed by atoms with Crippen molar-refractivity contribution in [3.05, 3.63) is 39.0 Å². The number of hydrogen-bond acceptors (Lipinski definition) is 5. The molecule has 3 rings (SSSR count). The highest BCUT2D eigenvalue weighted by Crippen LogP contribution is 2.28. The van der Waals surface area contributed by atoms with E-state index in [2.05, 4.69) is 11.4 Å². The number of hydrogen-bond donors (Lipinski definition) is 1. The van der Waals surface area contributed by atoms with Gasteiger partial charge in [-0.3, -0.25) is 4.79 Å². The third-order valence-electron chi connectivity index (χ3n) is 4.67. The van der Waals surface area contributed by atoms with Gasteiger partial charge in [0.25, 0.3) is 5.91 Å². The van der Waals surface area contributed by atoms with E-state index >= 15 is 0 Å². The molecule has 1 amide bonds. The van der Waals surface area contributed by atoms with E-state index in [1.807, 2.05) is 20.8 Å². The molecule has 8 heteroatoms. The number of nitrogens with zero attached hydrogens (tertiary/aromatic N) is 1. The summed E-state index contributed by atoms with van der Waals surface area (Å²) in [5.74, 6) is -0.138. The standard InChI is InChI=1S/C18H24N2O4S2/c1-11-9-15(14(4)25-11)12(2)19-18(21)16-10-17(13(3)24-16)26(22,23)20-7-5-6-8-20/h9-10,12H,5-8H2,1-4H3,(H,19,21)/t12-/m0/s1. The molecule has 2 aromatic rings. The summed E-state index contributed by atoms with van der Waals surface area (Å²) in [6.07, 6.45) is 1.72. The zero-order chi connectivity index (χ0) is 19.1. The second kappa shape index (κ2) is 7.17. The fourth-order valence-electron chi connectivity index (χ4n) is 3.33. The van der Waals surface area contributed by atoms with E-state index in [9.17, 15) is 13.2 Å². The molecule has 0 radical (unpaired) electrons. The maximum Gasteiger partial charge on any atom is 0.287 e. The molecule has 0 unspecified atom stereocenters. The summed E-state index contributed by atoms with van der Waals surface area (Å²) in [6.45, 7) is 8.57. The van der Waals surface area contributed by atoms with Crippen LogP contribution in [0.1, 0.15) is 57.4 Å². The Morgan fingerprint density at radius 3 is 2.46 bits per heavy atom. The third kappa shape index (κ3) is 3.58. The van der Waals surface area contributed by atoms with Gasteiger partial charge in [-0.2, -0.15) is 4.31 Å². The Bertz CT molecular complexity index is 921. The summed E-state index contributed by atoms with van der Waals surface area (Å²) >= 11 is 1.68. The van der Waals surface area contributed by atoms with Crippen LogP contribution in [0.4, 0.5) is 0 Å². The third-order valence-corrected chi connectivity index (χ3v) is 7.66. The zero-order valence-corrected chi connectivity index (χ0v) is 17.1. The molecule has 6 nitrogen and oxygen atoms in total. The van der Waals surface area contributed by atoms with Crippen LogP contribution >= 0.6 is 11.3 Å². The predicted octanol–water partition coefficient (Wildman–Crippen LogP) is 3.54. The van der Waals surface area contributed by atoms with Crippen molar-refractivity contribution in [1.82, 2.24) is 9.62 Å². The molecular formula is C18H24N2O4S2. The summed E-state index contributed by atoms with van der Waals surface area (Å²) in [6, 6.07) is 3.22. The lowest BCUT2D eigenvalue weighted by Crippen LogP contribution is -2.28. The van der Waals surface area contributed by atoms with Gasteiger partial charge in [0.2, 0.25) is 10.0 Å². The van der Waals surface area contributed by atoms with Crippen molar-refractivity contribution in [3.63, 3.8) is 0 Å². The number of rotatable bonds is 5. The molecule has 1 saturated heterocycles. The van der Waals surface area contributed by atoms with E-state index in [-0.39, 0.29) is 22.5 Å². The Labute approximate surface area is 158 Å². The van der Waals surface area contributed by atoms with Crippen LogP contribution in [-0.2, 0) is 10.0 Å². The van der Waals surface area contributed by atoms with Gasteiger partial charge >= 0.3 is 0 Å². The number of aryl methyl sites for hydroxylation is 3. The van der Waals surface area contributed by atoms with Gasteiger partial charge < -0.3 is 9.73 Å². The topological polar surface area (TPSA) is 79.6 Å². The van der Waals surface area contributed by atoms with E-state index in [1.165, 1.54) is 15.2 Å². The zero-order valence-electron chi connectivity index (χ0n) is 15.5. The van der Waals surface area contributed by atoms with Crippen molar-refractivity contribution < 1.29 is 17.6 Å². The van der Waals surface area contributed by atoms with Crippen molar-refractivity contribution in [3.8, 4) is 0 Å². The minimum absolute atomic E-state index is 0.0247. The van der Waals surface area contributed by atoms with Crippen molar-refractivity contribution in [2.24, 2.45) is 0 Å². The molecule has 2 aromatic heterocycles. The Hall–Kier alpha value is -1.64. The Morgan fingerprint density at radius 2 is 1.88 bits per heavy atom. The van der Waals surface area contributed by atoms with Crippen molar-refractivity contribution in [1.29, 1.82) is 0 Å². The fourth-order valence-corrected chi connectivity index (χ4v) is 6.03. The van der Waals surface area contributed by atoms with E-state index < -0.39 is 15.9 Å². The highest BCUT2D eigenvalue weighted by Gasteiger charge is 2.32. The largest absolute Gasteiger partial charge is 0.455 e. The number of carbonyl (C=O) groups is 1. The maximum atomic E-state index is 12.7. The smallest absolute Gasteiger partial charge is 0.287 e. The predicted molar refractivity (Wildman–Crippen MR) is 101 cm³/mol. The first kappa shape index (κ1) is 19.1. The average Bonchev–Trinajstić information content (AvgIpc) is 3.27. The SMILES string of the molecule is Cc1cc([C@H](C)NC(=O)c2cc(S(=O)(=O)N3CCCC3)c(C)o2)c(C)s1. The van der Waals surface area contributed by atoms with Gasteiger partial charge in [0.1, 0.15) is 10.7 Å². The average molecular weight is 397 g/mol. The summed E-state index contributed by atoms with van der Waals surface area (Å²) < 4.78 is 32.4. The lowest BCUT2D eigenvalue weighted by atomic mass is 10.1. The molecule has 0 saturated carbocycles. The van der Waals surface area contributed by atoms with Crippen LogP contribution in [0, 0.1) is 20.8 Å². The minimum Gasteiger partial charge on any atom is -0.455 e. The summed E-state index contributed by atoms with van der Waals surface area (Å²) in [4.78, 5) is 15.0. The molecule has 1 atom stereocenters. The Morgan fingerprint density at radius 1 is 1.23 bits per heavy atom. The molecule has 0 spiro atoms. The van der Waals surface area contributed by atoms with Gasteiger partial charge in [-0.05, 0) is 52.2 Å². The first-order valence-electron chi connectivity index (χ1n) is 8.68. The maximum absolute atomic E-state index is 12.7. The van der Waals surface area contributed by atoms with Crippen molar-refractivity contribution >= 4 is 27.3 Å². The van der Waals surface area contributed by atoms with Crippen LogP contribution in [0.3, 0.4) is 0 Å². The molecule has 0 aromatic carbocycles. The first-order chi connectivity index (χ1) is 12.2. The van der Waals surface area contributed by atoms with Crippen LogP contribution < -0.4 is 5.32 Å². The molecule has 1 aliphatic heterocycles. The molecule has 3 heterocycles. The van der Waals surface area contributed by atoms with Gasteiger partial charge in [0.05, 0.1) is 6.04 Å². The highest BCUT2D eigenvalue weighted by molar-refractivity contribution is 7.89. The number of nitrogens with one attached hydrogen (secondary N) is 1. The minimum atomic E-state index is -3.60. The van der Waals surface area contributed by atoms with Crippen molar-refractivity contribution in [2.75, 3.05) is 13.1 Å². The molecule has 0 bridgehead atoms. The summed E-state index contributed by atoms with van der Waals surface area (Å²) in [7, 11) is -3.60. The van der Waals surface area contributed by atoms with Gasteiger partial charge in [-0.25, -0.2) is 8.42 Å². The van der Waals surface area contributed by atoms with E-state index in [1.54, 1.807) is 18.3 Å².